The van der Waals surface area contributed by atoms with Crippen LogP contribution >= 0.6 is 0 Å². The third kappa shape index (κ3) is 5.01. The van der Waals surface area contributed by atoms with E-state index in [2.05, 4.69) is 54.2 Å². The summed E-state index contributed by atoms with van der Waals surface area (Å²) < 4.78 is 0. The second-order valence-electron chi connectivity index (χ2n) is 6.26. The van der Waals surface area contributed by atoms with Crippen LogP contribution < -0.4 is 0 Å². The Morgan fingerprint density at radius 1 is 0.909 bits per heavy atom. The molecule has 1 aromatic carbocycles. The maximum atomic E-state index is 4.53. The molecule has 0 saturated carbocycles. The topological polar surface area (TPSA) is 24.7 Å². The zero-order chi connectivity index (χ0) is 15.6. The van der Waals surface area contributed by atoms with E-state index in [-0.39, 0.29) is 0 Å². The van der Waals surface area contributed by atoms with Crippen LogP contribution in [0.5, 0.6) is 0 Å². The van der Waals surface area contributed by atoms with Crippen molar-refractivity contribution in [3.63, 3.8) is 0 Å². The van der Waals surface area contributed by atoms with Gasteiger partial charge in [0.05, 0.1) is 5.92 Å². The van der Waals surface area contributed by atoms with Gasteiger partial charge in [-0.3, -0.25) is 0 Å². The predicted octanol–water partition coefficient (Wildman–Crippen LogP) is 5.49. The van der Waals surface area contributed by atoms with Gasteiger partial charge < -0.3 is 0 Å². The summed E-state index contributed by atoms with van der Waals surface area (Å²) in [4.78, 5) is 9.06. The van der Waals surface area contributed by atoms with Crippen molar-refractivity contribution in [2.75, 3.05) is 0 Å². The molecular formula is C20H29N2+. The lowest BCUT2D eigenvalue weighted by atomic mass is 9.79. The van der Waals surface area contributed by atoms with Crippen LogP contribution in [0.25, 0.3) is 0 Å². The lowest BCUT2D eigenvalue weighted by Gasteiger charge is -2.25. The summed E-state index contributed by atoms with van der Waals surface area (Å²) in [5.74, 6) is 1.15. The first-order valence-electron chi connectivity index (χ1n) is 8.82. The van der Waals surface area contributed by atoms with Gasteiger partial charge in [-0.25, -0.2) is 0 Å². The summed E-state index contributed by atoms with van der Waals surface area (Å²) in [5.41, 5.74) is 1.44. The smallest absolute Gasteiger partial charge is 0.0965 e. The number of unbranched alkanes of at least 4 members (excludes halogenated alkanes) is 2. The third-order valence-corrected chi connectivity index (χ3v) is 4.50. The summed E-state index contributed by atoms with van der Waals surface area (Å²) >= 11 is 0. The number of benzene rings is 1. The first-order valence-corrected chi connectivity index (χ1v) is 8.82. The Morgan fingerprint density at radius 2 is 1.64 bits per heavy atom. The van der Waals surface area contributed by atoms with Crippen molar-refractivity contribution in [2.24, 2.45) is 21.8 Å². The standard InChI is InChI=1S/C20H29N2/c1-3-5-7-13-19(20-21-14-15-22-20)18(10-4-2)16-17-11-8-6-9-12-17/h6,8-9,11-12,14-15,18-19H,3-5,7,10,13,16H2,1-2H3/q+1. The molecule has 22 heavy (non-hydrogen) atoms. The lowest BCUT2D eigenvalue weighted by Crippen LogP contribution is -2.22. The van der Waals surface area contributed by atoms with E-state index in [4.69, 9.17) is 0 Å². The molecule has 0 aromatic heterocycles. The van der Waals surface area contributed by atoms with Gasteiger partial charge in [-0.05, 0) is 30.7 Å². The minimum absolute atomic E-state index is 0.502. The predicted molar refractivity (Wildman–Crippen MR) is 96.4 cm³/mol. The van der Waals surface area contributed by atoms with Gasteiger partial charge in [0.15, 0.2) is 12.4 Å². The molecular weight excluding hydrogens is 268 g/mol. The summed E-state index contributed by atoms with van der Waals surface area (Å²) in [5, 5.41) is 0. The first kappa shape index (κ1) is 16.8. The Labute approximate surface area is 135 Å². The molecule has 2 nitrogen and oxygen atoms in total. The maximum Gasteiger partial charge on any atom is 0.244 e. The zero-order valence-corrected chi connectivity index (χ0v) is 14.0. The van der Waals surface area contributed by atoms with Crippen molar-refractivity contribution < 1.29 is 0 Å². The Hall–Kier alpha value is -1.57. The van der Waals surface area contributed by atoms with E-state index in [1.165, 1.54) is 44.1 Å². The van der Waals surface area contributed by atoms with E-state index >= 15 is 0 Å². The largest absolute Gasteiger partial charge is 0.244 e. The van der Waals surface area contributed by atoms with Crippen LogP contribution in [0.2, 0.25) is 0 Å². The first-order chi connectivity index (χ1) is 10.8. The summed E-state index contributed by atoms with van der Waals surface area (Å²) in [7, 11) is 0. The molecule has 2 atom stereocenters. The molecule has 118 valence electrons. The zero-order valence-electron chi connectivity index (χ0n) is 14.0. The maximum absolute atomic E-state index is 4.53. The van der Waals surface area contributed by atoms with Crippen molar-refractivity contribution in [1.29, 1.82) is 0 Å². The number of hydrogen-bond acceptors (Lipinski definition) is 2. The van der Waals surface area contributed by atoms with E-state index < -0.39 is 0 Å². The monoisotopic (exact) mass is 297 g/mol. The van der Waals surface area contributed by atoms with Crippen LogP contribution in [0.3, 0.4) is 0 Å². The molecule has 0 N–H and O–H groups in total. The fourth-order valence-electron chi connectivity index (χ4n) is 3.37. The molecule has 2 heteroatoms. The third-order valence-electron chi connectivity index (χ3n) is 4.50. The van der Waals surface area contributed by atoms with Gasteiger partial charge in [-0.2, -0.15) is 0 Å². The lowest BCUT2D eigenvalue weighted by molar-refractivity contribution is 0.291. The number of rotatable bonds is 10. The Bertz CT molecular complexity index is 452. The highest BCUT2D eigenvalue weighted by Gasteiger charge is 2.34. The fraction of sp³-hybridized carbons (Fsp3) is 0.550. The van der Waals surface area contributed by atoms with Crippen molar-refractivity contribution >= 4 is 12.4 Å². The van der Waals surface area contributed by atoms with E-state index in [9.17, 15) is 0 Å². The highest BCUT2D eigenvalue weighted by molar-refractivity contribution is 6.18. The molecule has 0 bridgehead atoms. The summed E-state index contributed by atoms with van der Waals surface area (Å²) in [6, 6.07) is 10.9. The Kier molecular flexibility index (Phi) is 7.21. The molecule has 0 aliphatic carbocycles. The van der Waals surface area contributed by atoms with E-state index in [0.717, 1.165) is 12.6 Å². The number of aliphatic imine (C=N–C) groups is 2. The SMILES string of the molecule is CCCCCC([C+]1N=CC=N1)C(CCC)Cc1ccccc1. The van der Waals surface area contributed by atoms with Gasteiger partial charge in [0.1, 0.15) is 0 Å². The highest BCUT2D eigenvalue weighted by atomic mass is 15.0. The van der Waals surface area contributed by atoms with Gasteiger partial charge in [-0.1, -0.05) is 79.8 Å². The van der Waals surface area contributed by atoms with Gasteiger partial charge >= 0.3 is 0 Å². The van der Waals surface area contributed by atoms with Crippen molar-refractivity contribution in [1.82, 2.24) is 0 Å². The van der Waals surface area contributed by atoms with Gasteiger partial charge in [0.25, 0.3) is 0 Å². The fourth-order valence-corrected chi connectivity index (χ4v) is 3.37. The van der Waals surface area contributed by atoms with Crippen LogP contribution in [0.4, 0.5) is 0 Å². The molecule has 2 unspecified atom stereocenters. The number of hydrogen-bond donors (Lipinski definition) is 0. The average Bonchev–Trinajstić information content (AvgIpc) is 3.06. The van der Waals surface area contributed by atoms with E-state index in [1.807, 2.05) is 12.4 Å². The van der Waals surface area contributed by atoms with Crippen molar-refractivity contribution in [3.8, 4) is 0 Å². The molecule has 0 amide bonds. The van der Waals surface area contributed by atoms with Crippen LogP contribution in [0, 0.1) is 18.0 Å². The molecule has 2 rings (SSSR count). The van der Waals surface area contributed by atoms with Gasteiger partial charge in [0, 0.05) is 0 Å². The average molecular weight is 297 g/mol. The Morgan fingerprint density at radius 3 is 2.27 bits per heavy atom. The normalized spacial score (nSPS) is 16.2. The summed E-state index contributed by atoms with van der Waals surface area (Å²) in [6.07, 6.45) is 13.4. The molecule has 1 aromatic rings. The van der Waals surface area contributed by atoms with Crippen LogP contribution in [0.1, 0.15) is 57.9 Å². The molecule has 1 aliphatic rings. The number of nitrogens with zero attached hydrogens (tertiary/aromatic N) is 2. The molecule has 0 radical (unpaired) electrons. The second kappa shape index (κ2) is 9.45. The molecule has 0 fully saturated rings. The van der Waals surface area contributed by atoms with Gasteiger partial charge in [-0.15, -0.1) is 0 Å². The minimum Gasteiger partial charge on any atom is -0.0965 e. The van der Waals surface area contributed by atoms with Gasteiger partial charge in [0.2, 0.25) is 6.17 Å². The quantitative estimate of drug-likeness (QED) is 0.403. The second-order valence-corrected chi connectivity index (χ2v) is 6.26. The van der Waals surface area contributed by atoms with Crippen molar-refractivity contribution in [2.45, 2.75) is 58.8 Å². The van der Waals surface area contributed by atoms with Crippen molar-refractivity contribution in [3.05, 3.63) is 42.1 Å². The molecule has 0 saturated heterocycles. The van der Waals surface area contributed by atoms with Crippen LogP contribution in [0.15, 0.2) is 40.3 Å². The summed E-state index contributed by atoms with van der Waals surface area (Å²) in [6.45, 7) is 4.55. The highest BCUT2D eigenvalue weighted by Crippen LogP contribution is 2.36. The minimum atomic E-state index is 0.502. The van der Waals surface area contributed by atoms with Crippen LogP contribution in [-0.2, 0) is 6.42 Å². The van der Waals surface area contributed by atoms with E-state index in [1.54, 1.807) is 0 Å². The molecule has 1 aliphatic heterocycles. The molecule has 1 heterocycles. The van der Waals surface area contributed by atoms with Crippen LogP contribution in [-0.4, -0.2) is 12.4 Å². The van der Waals surface area contributed by atoms with E-state index in [0.29, 0.717) is 11.8 Å². The Balaban J connectivity index is 2.08. The molecule has 0 spiro atoms.